The van der Waals surface area contributed by atoms with Gasteiger partial charge in [0.25, 0.3) is 0 Å². The molecule has 0 spiro atoms. The number of rotatable bonds is 7. The number of carbonyl (C=O) groups is 2. The molecule has 0 saturated carbocycles. The summed E-state index contributed by atoms with van der Waals surface area (Å²) in [6.07, 6.45) is 2.24. The average Bonchev–Trinajstić information content (AvgIpc) is 2.67. The Morgan fingerprint density at radius 3 is 1.33 bits per heavy atom. The zero-order valence-electron chi connectivity index (χ0n) is 15.5. The topological polar surface area (TPSA) is 52.6 Å². The number of benzene rings is 2. The van der Waals surface area contributed by atoms with Crippen LogP contribution in [0.3, 0.4) is 0 Å². The van der Waals surface area contributed by atoms with Crippen LogP contribution in [0.2, 0.25) is 0 Å². The molecule has 0 radical (unpaired) electrons. The van der Waals surface area contributed by atoms with Gasteiger partial charge >= 0.3 is 11.9 Å². The second kappa shape index (κ2) is 13.5. The van der Waals surface area contributed by atoms with Gasteiger partial charge in [-0.05, 0) is 35.4 Å². The van der Waals surface area contributed by atoms with Gasteiger partial charge in [0.05, 0.1) is 0 Å². The van der Waals surface area contributed by atoms with Gasteiger partial charge in [0, 0.05) is 8.95 Å². The smallest absolute Gasteiger partial charge is 0.317 e. The van der Waals surface area contributed by atoms with E-state index in [9.17, 15) is 9.59 Å². The summed E-state index contributed by atoms with van der Waals surface area (Å²) in [5.74, 6) is -1.21. The molecular weight excluding hydrogens is 476 g/mol. The molecule has 0 fully saturated rings. The van der Waals surface area contributed by atoms with E-state index in [2.05, 4.69) is 45.7 Å². The maximum Gasteiger partial charge on any atom is 0.317 e. The lowest BCUT2D eigenvalue weighted by Gasteiger charge is -2.06. The number of carbonyl (C=O) groups excluding carboxylic acids is 2. The summed E-state index contributed by atoms with van der Waals surface area (Å²) in [5, 5.41) is 0. The summed E-state index contributed by atoms with van der Waals surface area (Å²) < 4.78 is 12.0. The number of unbranched alkanes of at least 4 members (excludes halogenated alkanes) is 1. The van der Waals surface area contributed by atoms with Crippen LogP contribution in [-0.4, -0.2) is 11.9 Å². The Balaban J connectivity index is 0.000000828. The van der Waals surface area contributed by atoms with E-state index in [1.165, 1.54) is 12.8 Å². The Hall–Kier alpha value is -1.66. The fraction of sp³-hybridized carbons (Fsp3) is 0.333. The van der Waals surface area contributed by atoms with Crippen molar-refractivity contribution in [3.63, 3.8) is 0 Å². The highest BCUT2D eigenvalue weighted by Crippen LogP contribution is 2.12. The van der Waals surface area contributed by atoms with Gasteiger partial charge in [0.15, 0.2) is 0 Å². The van der Waals surface area contributed by atoms with Crippen LogP contribution in [-0.2, 0) is 32.3 Å². The fourth-order valence-corrected chi connectivity index (χ4v) is 2.24. The standard InChI is InChI=1S/C17H14Br2O4.C4H10/c18-14-5-1-12(2-6-14)10-22-16(20)9-17(21)23-11-13-3-7-15(19)8-4-13;1-3-4-2/h1-8H,9-11H2;3-4H2,1-2H3. The van der Waals surface area contributed by atoms with E-state index in [0.29, 0.717) is 0 Å². The first kappa shape index (κ1) is 23.4. The lowest BCUT2D eigenvalue weighted by molar-refractivity contribution is -0.156. The van der Waals surface area contributed by atoms with E-state index in [1.807, 2.05) is 48.5 Å². The van der Waals surface area contributed by atoms with E-state index in [4.69, 9.17) is 9.47 Å². The van der Waals surface area contributed by atoms with Crippen molar-refractivity contribution in [2.24, 2.45) is 0 Å². The van der Waals surface area contributed by atoms with Gasteiger partial charge in [-0.15, -0.1) is 0 Å². The molecule has 4 nitrogen and oxygen atoms in total. The van der Waals surface area contributed by atoms with Gasteiger partial charge in [-0.1, -0.05) is 82.8 Å². The molecule has 0 unspecified atom stereocenters. The van der Waals surface area contributed by atoms with Gasteiger partial charge in [-0.3, -0.25) is 9.59 Å². The Labute approximate surface area is 177 Å². The van der Waals surface area contributed by atoms with Crippen molar-refractivity contribution >= 4 is 43.8 Å². The Morgan fingerprint density at radius 2 is 1.04 bits per heavy atom. The summed E-state index contributed by atoms with van der Waals surface area (Å²) in [6, 6.07) is 14.8. The van der Waals surface area contributed by atoms with Gasteiger partial charge < -0.3 is 9.47 Å². The molecule has 0 bridgehead atoms. The van der Waals surface area contributed by atoms with Crippen molar-refractivity contribution in [3.05, 3.63) is 68.6 Å². The third-order valence-corrected chi connectivity index (χ3v) is 4.47. The predicted molar refractivity (Wildman–Crippen MR) is 113 cm³/mol. The molecule has 0 N–H and O–H groups in total. The van der Waals surface area contributed by atoms with Crippen LogP contribution >= 0.6 is 31.9 Å². The van der Waals surface area contributed by atoms with Crippen LogP contribution in [0.1, 0.15) is 44.2 Å². The molecule has 0 aliphatic heterocycles. The SMILES string of the molecule is CCCC.O=C(CC(=O)OCc1ccc(Br)cc1)OCc1ccc(Br)cc1. The molecule has 0 amide bonds. The Morgan fingerprint density at radius 1 is 0.704 bits per heavy atom. The summed E-state index contributed by atoms with van der Waals surface area (Å²) in [7, 11) is 0. The molecule has 2 rings (SSSR count). The van der Waals surface area contributed by atoms with E-state index >= 15 is 0 Å². The average molecular weight is 500 g/mol. The second-order valence-corrected chi connectivity index (χ2v) is 7.58. The monoisotopic (exact) mass is 498 g/mol. The van der Waals surface area contributed by atoms with Crippen molar-refractivity contribution in [2.45, 2.75) is 46.3 Å². The molecule has 146 valence electrons. The highest BCUT2D eigenvalue weighted by atomic mass is 79.9. The first-order valence-corrected chi connectivity index (χ1v) is 10.3. The molecule has 0 aliphatic carbocycles. The zero-order valence-corrected chi connectivity index (χ0v) is 18.7. The Kier molecular flexibility index (Phi) is 11.7. The molecule has 0 aliphatic rings. The summed E-state index contributed by atoms with van der Waals surface area (Å²) in [5.41, 5.74) is 1.70. The normalized spacial score (nSPS) is 9.78. The molecule has 2 aromatic rings. The molecule has 0 heterocycles. The van der Waals surface area contributed by atoms with E-state index in [1.54, 1.807) is 0 Å². The predicted octanol–water partition coefficient (Wildman–Crippen LogP) is 6.19. The van der Waals surface area contributed by atoms with Crippen molar-refractivity contribution in [1.29, 1.82) is 0 Å². The lowest BCUT2D eigenvalue weighted by Crippen LogP contribution is -2.13. The van der Waals surface area contributed by atoms with E-state index in [-0.39, 0.29) is 13.2 Å². The molecule has 0 aromatic heterocycles. The molecule has 27 heavy (non-hydrogen) atoms. The molecule has 6 heteroatoms. The van der Waals surface area contributed by atoms with Gasteiger partial charge in [0.1, 0.15) is 19.6 Å². The summed E-state index contributed by atoms with van der Waals surface area (Å²) >= 11 is 6.65. The van der Waals surface area contributed by atoms with Crippen LogP contribution in [0.5, 0.6) is 0 Å². The van der Waals surface area contributed by atoms with Gasteiger partial charge in [-0.25, -0.2) is 0 Å². The maximum absolute atomic E-state index is 11.6. The van der Waals surface area contributed by atoms with Crippen LogP contribution in [0.25, 0.3) is 0 Å². The molecule has 0 atom stereocenters. The second-order valence-electron chi connectivity index (χ2n) is 5.75. The minimum absolute atomic E-state index is 0.131. The van der Waals surface area contributed by atoms with E-state index < -0.39 is 18.4 Å². The van der Waals surface area contributed by atoms with Crippen molar-refractivity contribution < 1.29 is 19.1 Å². The Bertz CT molecular complexity index is 636. The van der Waals surface area contributed by atoms with Crippen molar-refractivity contribution in [2.75, 3.05) is 0 Å². The quantitative estimate of drug-likeness (QED) is 0.336. The molecular formula is C21H24Br2O4. The maximum atomic E-state index is 11.6. The van der Waals surface area contributed by atoms with Gasteiger partial charge in [0.2, 0.25) is 0 Å². The number of hydrogen-bond donors (Lipinski definition) is 0. The highest BCUT2D eigenvalue weighted by Gasteiger charge is 2.12. The first-order valence-electron chi connectivity index (χ1n) is 8.74. The minimum Gasteiger partial charge on any atom is -0.460 e. The largest absolute Gasteiger partial charge is 0.460 e. The van der Waals surface area contributed by atoms with Crippen LogP contribution in [0, 0.1) is 0 Å². The highest BCUT2D eigenvalue weighted by molar-refractivity contribution is 9.10. The van der Waals surface area contributed by atoms with Crippen molar-refractivity contribution in [3.8, 4) is 0 Å². The fourth-order valence-electron chi connectivity index (χ4n) is 1.71. The van der Waals surface area contributed by atoms with Crippen LogP contribution < -0.4 is 0 Å². The number of hydrogen-bond acceptors (Lipinski definition) is 4. The zero-order chi connectivity index (χ0) is 20.1. The van der Waals surface area contributed by atoms with E-state index in [0.717, 1.165) is 20.1 Å². The number of ether oxygens (including phenoxy) is 2. The lowest BCUT2D eigenvalue weighted by atomic mass is 10.2. The third kappa shape index (κ3) is 10.9. The third-order valence-electron chi connectivity index (χ3n) is 3.41. The van der Waals surface area contributed by atoms with Gasteiger partial charge in [-0.2, -0.15) is 0 Å². The van der Waals surface area contributed by atoms with Crippen molar-refractivity contribution in [1.82, 2.24) is 0 Å². The molecule has 0 saturated heterocycles. The number of esters is 2. The van der Waals surface area contributed by atoms with Crippen LogP contribution in [0.4, 0.5) is 0 Å². The molecule has 2 aromatic carbocycles. The summed E-state index contributed by atoms with van der Waals surface area (Å²) in [6.45, 7) is 4.62. The summed E-state index contributed by atoms with van der Waals surface area (Å²) in [4.78, 5) is 23.2. The van der Waals surface area contributed by atoms with Crippen LogP contribution in [0.15, 0.2) is 57.5 Å². The first-order chi connectivity index (χ1) is 12.9. The number of halogens is 2. The minimum atomic E-state index is -0.603.